The molecule has 0 aromatic heterocycles. The second-order valence-electron chi connectivity index (χ2n) is 4.97. The lowest BCUT2D eigenvalue weighted by atomic mass is 9.83. The molecule has 3 atom stereocenters. The van der Waals surface area contributed by atoms with Gasteiger partial charge in [0.1, 0.15) is 0 Å². The summed E-state index contributed by atoms with van der Waals surface area (Å²) >= 11 is 0. The van der Waals surface area contributed by atoms with Crippen molar-refractivity contribution in [1.29, 1.82) is 0 Å². The van der Waals surface area contributed by atoms with E-state index in [9.17, 15) is 9.59 Å². The van der Waals surface area contributed by atoms with E-state index in [1.807, 2.05) is 0 Å². The number of ether oxygens (including phenoxy) is 2. The summed E-state index contributed by atoms with van der Waals surface area (Å²) in [6, 6.07) is -1.34. The molecule has 2 heterocycles. The number of nitrogens with two attached hydrogens (primary N) is 1. The summed E-state index contributed by atoms with van der Waals surface area (Å²) < 4.78 is 10.3. The molecule has 0 saturated carbocycles. The van der Waals surface area contributed by atoms with Crippen LogP contribution in [-0.4, -0.2) is 66.9 Å². The monoisotopic (exact) mass is 258 g/mol. The number of carboxylic acid groups (broad SMARTS) is 1. The molecule has 0 aromatic rings. The van der Waals surface area contributed by atoms with Crippen LogP contribution >= 0.6 is 0 Å². The Bertz CT molecular complexity index is 361. The second-order valence-corrected chi connectivity index (χ2v) is 4.97. The first-order chi connectivity index (χ1) is 8.47. The molecule has 18 heavy (non-hydrogen) atoms. The van der Waals surface area contributed by atoms with E-state index in [0.717, 1.165) is 0 Å². The zero-order chi connectivity index (χ0) is 13.3. The van der Waals surface area contributed by atoms with Crippen LogP contribution in [0.25, 0.3) is 0 Å². The molecular weight excluding hydrogens is 240 g/mol. The first kappa shape index (κ1) is 13.3. The first-order valence-corrected chi connectivity index (χ1v) is 5.92. The number of amides is 1. The van der Waals surface area contributed by atoms with E-state index >= 15 is 0 Å². The van der Waals surface area contributed by atoms with Gasteiger partial charge in [0.05, 0.1) is 31.8 Å². The van der Waals surface area contributed by atoms with Crippen LogP contribution in [0.4, 0.5) is 0 Å². The van der Waals surface area contributed by atoms with Crippen molar-refractivity contribution in [3.63, 3.8) is 0 Å². The van der Waals surface area contributed by atoms with Gasteiger partial charge in [0.25, 0.3) is 0 Å². The van der Waals surface area contributed by atoms with E-state index in [1.54, 1.807) is 6.92 Å². The number of carboxylic acids is 1. The highest BCUT2D eigenvalue weighted by Gasteiger charge is 2.49. The molecular formula is C11H18N2O5. The molecule has 0 radical (unpaired) electrons. The molecule has 1 amide bonds. The first-order valence-electron chi connectivity index (χ1n) is 5.92. The zero-order valence-corrected chi connectivity index (χ0v) is 10.3. The molecule has 0 aromatic carbocycles. The van der Waals surface area contributed by atoms with Crippen molar-refractivity contribution in [2.45, 2.75) is 19.0 Å². The van der Waals surface area contributed by atoms with E-state index in [-0.39, 0.29) is 25.7 Å². The quantitative estimate of drug-likeness (QED) is 0.635. The summed E-state index contributed by atoms with van der Waals surface area (Å²) in [6.45, 7) is 2.93. The molecule has 7 heteroatoms. The van der Waals surface area contributed by atoms with E-state index in [1.165, 1.54) is 4.90 Å². The van der Waals surface area contributed by atoms with Gasteiger partial charge in [-0.3, -0.25) is 4.79 Å². The predicted octanol–water partition coefficient (Wildman–Crippen LogP) is -1.34. The highest BCUT2D eigenvalue weighted by molar-refractivity contribution is 5.88. The molecule has 0 aliphatic carbocycles. The van der Waals surface area contributed by atoms with E-state index < -0.39 is 23.5 Å². The molecule has 3 N–H and O–H groups in total. The van der Waals surface area contributed by atoms with Crippen LogP contribution in [0, 0.1) is 5.41 Å². The Morgan fingerprint density at radius 2 is 2.11 bits per heavy atom. The molecule has 2 aliphatic heterocycles. The van der Waals surface area contributed by atoms with Gasteiger partial charge < -0.3 is 25.2 Å². The van der Waals surface area contributed by atoms with Crippen LogP contribution in [0.15, 0.2) is 0 Å². The van der Waals surface area contributed by atoms with Gasteiger partial charge in [-0.25, -0.2) is 4.79 Å². The lowest BCUT2D eigenvalue weighted by Gasteiger charge is -2.38. The number of carbonyl (C=O) groups is 2. The Labute approximate surface area is 105 Å². The fourth-order valence-electron chi connectivity index (χ4n) is 2.29. The van der Waals surface area contributed by atoms with E-state index in [2.05, 4.69) is 0 Å². The smallest absolute Gasteiger partial charge is 0.328 e. The maximum atomic E-state index is 12.5. The average molecular weight is 258 g/mol. The predicted molar refractivity (Wildman–Crippen MR) is 60.9 cm³/mol. The van der Waals surface area contributed by atoms with Crippen LogP contribution in [0.2, 0.25) is 0 Å². The van der Waals surface area contributed by atoms with Crippen molar-refractivity contribution in [1.82, 2.24) is 4.90 Å². The standard InChI is InChI=1S/C11H18N2O5/c1-11(6-18-5-8(11)12)10(16)13-2-3-17-4-7(13)9(14)15/h7-8H,2-6,12H2,1H3,(H,14,15). The van der Waals surface area contributed by atoms with Crippen molar-refractivity contribution in [3.05, 3.63) is 0 Å². The minimum atomic E-state index is -1.06. The fraction of sp³-hybridized carbons (Fsp3) is 0.818. The van der Waals surface area contributed by atoms with Gasteiger partial charge in [0.2, 0.25) is 5.91 Å². The number of morpholine rings is 1. The highest BCUT2D eigenvalue weighted by atomic mass is 16.5. The van der Waals surface area contributed by atoms with Gasteiger partial charge in [-0.05, 0) is 6.92 Å². The lowest BCUT2D eigenvalue weighted by molar-refractivity contribution is -0.163. The largest absolute Gasteiger partial charge is 0.480 e. The zero-order valence-electron chi connectivity index (χ0n) is 10.3. The van der Waals surface area contributed by atoms with E-state index in [0.29, 0.717) is 13.2 Å². The topological polar surface area (TPSA) is 102 Å². The minimum Gasteiger partial charge on any atom is -0.480 e. The summed E-state index contributed by atoms with van der Waals surface area (Å²) in [7, 11) is 0. The second kappa shape index (κ2) is 4.83. The third-order valence-corrected chi connectivity index (χ3v) is 3.68. The lowest BCUT2D eigenvalue weighted by Crippen LogP contribution is -2.59. The van der Waals surface area contributed by atoms with Crippen molar-refractivity contribution in [2.24, 2.45) is 11.1 Å². The maximum absolute atomic E-state index is 12.5. The third-order valence-electron chi connectivity index (χ3n) is 3.68. The molecule has 102 valence electrons. The fourth-order valence-corrected chi connectivity index (χ4v) is 2.29. The van der Waals surface area contributed by atoms with Crippen LogP contribution in [-0.2, 0) is 19.1 Å². The van der Waals surface area contributed by atoms with Gasteiger partial charge in [0, 0.05) is 12.6 Å². The average Bonchev–Trinajstić information content (AvgIpc) is 2.70. The normalized spacial score (nSPS) is 36.7. The molecule has 3 unspecified atom stereocenters. The SMILES string of the molecule is CC1(C(=O)N2CCOCC2C(=O)O)COCC1N. The maximum Gasteiger partial charge on any atom is 0.328 e. The van der Waals surface area contributed by atoms with Crippen LogP contribution < -0.4 is 5.73 Å². The third kappa shape index (κ3) is 2.09. The Morgan fingerprint density at radius 3 is 2.67 bits per heavy atom. The van der Waals surface area contributed by atoms with Crippen molar-refractivity contribution in [3.8, 4) is 0 Å². The number of rotatable bonds is 2. The molecule has 2 fully saturated rings. The highest BCUT2D eigenvalue weighted by Crippen LogP contribution is 2.30. The molecule has 0 bridgehead atoms. The van der Waals surface area contributed by atoms with Gasteiger partial charge in [-0.15, -0.1) is 0 Å². The molecule has 2 rings (SSSR count). The van der Waals surface area contributed by atoms with Gasteiger partial charge in [-0.1, -0.05) is 0 Å². The van der Waals surface area contributed by atoms with Crippen LogP contribution in [0.5, 0.6) is 0 Å². The number of aliphatic carboxylic acids is 1. The Kier molecular flexibility index (Phi) is 3.56. The Hall–Kier alpha value is -1.18. The van der Waals surface area contributed by atoms with E-state index in [4.69, 9.17) is 20.3 Å². The number of hydrogen-bond donors (Lipinski definition) is 2. The molecule has 0 spiro atoms. The van der Waals surface area contributed by atoms with Crippen molar-refractivity contribution < 1.29 is 24.2 Å². The number of carbonyl (C=O) groups excluding carboxylic acids is 1. The molecule has 7 nitrogen and oxygen atoms in total. The molecule has 2 saturated heterocycles. The Morgan fingerprint density at radius 1 is 1.39 bits per heavy atom. The molecule has 2 aliphatic rings. The van der Waals surface area contributed by atoms with Gasteiger partial charge >= 0.3 is 5.97 Å². The minimum absolute atomic E-state index is 0.0211. The van der Waals surface area contributed by atoms with Gasteiger partial charge in [0.15, 0.2) is 6.04 Å². The number of hydrogen-bond acceptors (Lipinski definition) is 5. The summed E-state index contributed by atoms with van der Waals surface area (Å²) in [5.74, 6) is -1.32. The summed E-state index contributed by atoms with van der Waals surface area (Å²) in [4.78, 5) is 25.0. The number of nitrogens with zero attached hydrogens (tertiary/aromatic N) is 1. The van der Waals surface area contributed by atoms with Crippen molar-refractivity contribution >= 4 is 11.9 Å². The summed E-state index contributed by atoms with van der Waals surface area (Å²) in [5, 5.41) is 9.11. The Balaban J connectivity index is 2.18. The van der Waals surface area contributed by atoms with Crippen LogP contribution in [0.1, 0.15) is 6.92 Å². The van der Waals surface area contributed by atoms with Gasteiger partial charge in [-0.2, -0.15) is 0 Å². The van der Waals surface area contributed by atoms with Crippen LogP contribution in [0.3, 0.4) is 0 Å². The summed E-state index contributed by atoms with van der Waals surface area (Å²) in [5.41, 5.74) is 5.05. The summed E-state index contributed by atoms with van der Waals surface area (Å²) in [6.07, 6.45) is 0. The van der Waals surface area contributed by atoms with Crippen molar-refractivity contribution in [2.75, 3.05) is 33.0 Å².